The van der Waals surface area contributed by atoms with Gasteiger partial charge in [0.05, 0.1) is 13.7 Å². The van der Waals surface area contributed by atoms with E-state index in [0.29, 0.717) is 12.3 Å². The molecule has 2 heterocycles. The van der Waals surface area contributed by atoms with E-state index in [1.807, 2.05) is 41.0 Å². The first-order chi connectivity index (χ1) is 13.6. The van der Waals surface area contributed by atoms with Crippen LogP contribution in [0.4, 0.5) is 4.79 Å². The summed E-state index contributed by atoms with van der Waals surface area (Å²) < 4.78 is 12.5. The lowest BCUT2D eigenvalue weighted by Crippen LogP contribution is -2.17. The van der Waals surface area contributed by atoms with Crippen molar-refractivity contribution in [2.45, 2.75) is 18.2 Å². The zero-order valence-electron chi connectivity index (χ0n) is 15.6. The standard InChI is InChI=1S/C20H20N4O3S/c1-13-3-7-15(8-4-13)24-18(14-5-9-16(26-2)10-6-14)22-23-19(24)28-12-17-11-21-20(25)27-17/h3-10,17H,11-12H2,1-2H3,(H,21,25). The summed E-state index contributed by atoms with van der Waals surface area (Å²) in [6, 6.07) is 15.9. The van der Waals surface area contributed by atoms with Crippen molar-refractivity contribution in [3.05, 3.63) is 54.1 Å². The highest BCUT2D eigenvalue weighted by Gasteiger charge is 2.24. The lowest BCUT2D eigenvalue weighted by Gasteiger charge is -2.12. The van der Waals surface area contributed by atoms with Crippen LogP contribution in [0.5, 0.6) is 5.75 Å². The average molecular weight is 396 g/mol. The summed E-state index contributed by atoms with van der Waals surface area (Å²) in [6.07, 6.45) is -0.547. The Morgan fingerprint density at radius 1 is 1.18 bits per heavy atom. The minimum Gasteiger partial charge on any atom is -0.497 e. The fraction of sp³-hybridized carbons (Fsp3) is 0.250. The Labute approximate surface area is 167 Å². The maximum atomic E-state index is 11.2. The molecule has 1 amide bonds. The first-order valence-electron chi connectivity index (χ1n) is 8.88. The van der Waals surface area contributed by atoms with Crippen LogP contribution in [0.15, 0.2) is 53.7 Å². The number of nitrogens with one attached hydrogen (secondary N) is 1. The fourth-order valence-corrected chi connectivity index (χ4v) is 3.85. The van der Waals surface area contributed by atoms with Crippen LogP contribution in [0.1, 0.15) is 5.56 Å². The first kappa shape index (κ1) is 18.4. The molecule has 1 fully saturated rings. The predicted molar refractivity (Wildman–Crippen MR) is 107 cm³/mol. The molecule has 0 bridgehead atoms. The molecule has 3 aromatic rings. The second-order valence-corrected chi connectivity index (χ2v) is 7.41. The summed E-state index contributed by atoms with van der Waals surface area (Å²) in [6.45, 7) is 2.56. The Morgan fingerprint density at radius 2 is 1.93 bits per heavy atom. The highest BCUT2D eigenvalue weighted by atomic mass is 32.2. The summed E-state index contributed by atoms with van der Waals surface area (Å²) in [7, 11) is 1.64. The second-order valence-electron chi connectivity index (χ2n) is 6.42. The quantitative estimate of drug-likeness (QED) is 0.643. The van der Waals surface area contributed by atoms with Gasteiger partial charge in [-0.25, -0.2) is 4.79 Å². The normalized spacial score (nSPS) is 15.9. The van der Waals surface area contributed by atoms with Gasteiger partial charge in [0.25, 0.3) is 0 Å². The highest BCUT2D eigenvalue weighted by Crippen LogP contribution is 2.30. The molecular formula is C20H20N4O3S. The highest BCUT2D eigenvalue weighted by molar-refractivity contribution is 7.99. The Morgan fingerprint density at radius 3 is 2.57 bits per heavy atom. The van der Waals surface area contributed by atoms with E-state index in [0.717, 1.165) is 28.0 Å². The third-order valence-corrected chi connectivity index (χ3v) is 5.48. The van der Waals surface area contributed by atoms with Crippen molar-refractivity contribution in [3.8, 4) is 22.8 Å². The Balaban J connectivity index is 1.68. The molecular weight excluding hydrogens is 376 g/mol. The molecule has 4 rings (SSSR count). The molecule has 1 saturated heterocycles. The molecule has 1 atom stereocenters. The van der Waals surface area contributed by atoms with Crippen LogP contribution in [0.2, 0.25) is 0 Å². The molecule has 1 aliphatic heterocycles. The first-order valence-corrected chi connectivity index (χ1v) is 9.87. The van der Waals surface area contributed by atoms with Gasteiger partial charge in [0, 0.05) is 17.0 Å². The third kappa shape index (κ3) is 3.82. The van der Waals surface area contributed by atoms with Gasteiger partial charge >= 0.3 is 6.09 Å². The van der Waals surface area contributed by atoms with Crippen molar-refractivity contribution >= 4 is 17.9 Å². The fourth-order valence-electron chi connectivity index (χ4n) is 2.91. The molecule has 8 heteroatoms. The van der Waals surface area contributed by atoms with Crippen LogP contribution in [-0.2, 0) is 4.74 Å². The van der Waals surface area contributed by atoms with Crippen LogP contribution < -0.4 is 10.1 Å². The van der Waals surface area contributed by atoms with E-state index in [1.165, 1.54) is 17.3 Å². The number of carbonyl (C=O) groups excluding carboxylic acids is 1. The van der Waals surface area contributed by atoms with E-state index in [-0.39, 0.29) is 12.2 Å². The van der Waals surface area contributed by atoms with E-state index < -0.39 is 0 Å². The van der Waals surface area contributed by atoms with Crippen molar-refractivity contribution in [2.24, 2.45) is 0 Å². The molecule has 1 aliphatic rings. The molecule has 0 saturated carbocycles. The van der Waals surface area contributed by atoms with Gasteiger partial charge in [0.15, 0.2) is 11.0 Å². The predicted octanol–water partition coefficient (Wildman–Crippen LogP) is 3.45. The summed E-state index contributed by atoms with van der Waals surface area (Å²) in [4.78, 5) is 11.2. The molecule has 0 aliphatic carbocycles. The van der Waals surface area contributed by atoms with Crippen molar-refractivity contribution in [2.75, 3.05) is 19.4 Å². The largest absolute Gasteiger partial charge is 0.497 e. The number of nitrogens with zero attached hydrogens (tertiary/aromatic N) is 3. The minimum absolute atomic E-state index is 0.176. The van der Waals surface area contributed by atoms with Gasteiger partial charge in [-0.15, -0.1) is 10.2 Å². The Bertz CT molecular complexity index is 970. The van der Waals surface area contributed by atoms with Crippen molar-refractivity contribution < 1.29 is 14.3 Å². The molecule has 2 aromatic carbocycles. The summed E-state index contributed by atoms with van der Waals surface area (Å²) >= 11 is 1.52. The van der Waals surface area contributed by atoms with Crippen molar-refractivity contribution in [1.82, 2.24) is 20.1 Å². The van der Waals surface area contributed by atoms with E-state index in [1.54, 1.807) is 7.11 Å². The van der Waals surface area contributed by atoms with Crippen LogP contribution in [0.25, 0.3) is 17.1 Å². The maximum Gasteiger partial charge on any atom is 0.407 e. The van der Waals surface area contributed by atoms with Crippen LogP contribution in [0.3, 0.4) is 0 Å². The summed E-state index contributed by atoms with van der Waals surface area (Å²) in [5, 5.41) is 12.2. The molecule has 1 unspecified atom stereocenters. The van der Waals surface area contributed by atoms with Crippen LogP contribution in [0, 0.1) is 6.92 Å². The number of amides is 1. The molecule has 144 valence electrons. The van der Waals surface area contributed by atoms with Crippen molar-refractivity contribution in [3.63, 3.8) is 0 Å². The average Bonchev–Trinajstić information content (AvgIpc) is 3.33. The Kier molecular flexibility index (Phi) is 5.21. The van der Waals surface area contributed by atoms with Gasteiger partial charge < -0.3 is 14.8 Å². The summed E-state index contributed by atoms with van der Waals surface area (Å²) in [5.41, 5.74) is 3.10. The van der Waals surface area contributed by atoms with Gasteiger partial charge in [0.1, 0.15) is 11.9 Å². The molecule has 28 heavy (non-hydrogen) atoms. The molecule has 1 N–H and O–H groups in total. The second kappa shape index (κ2) is 7.93. The lowest BCUT2D eigenvalue weighted by atomic mass is 10.2. The number of rotatable bonds is 6. The molecule has 7 nitrogen and oxygen atoms in total. The van der Waals surface area contributed by atoms with Crippen LogP contribution in [-0.4, -0.2) is 46.4 Å². The number of alkyl carbamates (subject to hydrolysis) is 1. The van der Waals surface area contributed by atoms with Gasteiger partial charge in [-0.3, -0.25) is 4.57 Å². The Hall–Kier alpha value is -3.00. The van der Waals surface area contributed by atoms with Crippen LogP contribution >= 0.6 is 11.8 Å². The zero-order chi connectivity index (χ0) is 19.5. The number of aryl methyl sites for hydroxylation is 1. The minimum atomic E-state index is -0.371. The van der Waals surface area contributed by atoms with Gasteiger partial charge in [-0.2, -0.15) is 0 Å². The van der Waals surface area contributed by atoms with E-state index in [2.05, 4.69) is 34.6 Å². The lowest BCUT2D eigenvalue weighted by molar-refractivity contribution is 0.150. The monoisotopic (exact) mass is 396 g/mol. The van der Waals surface area contributed by atoms with Gasteiger partial charge in [-0.1, -0.05) is 29.5 Å². The summed E-state index contributed by atoms with van der Waals surface area (Å²) in [5.74, 6) is 2.14. The number of thioether (sulfide) groups is 1. The molecule has 0 spiro atoms. The van der Waals surface area contributed by atoms with Gasteiger partial charge in [0.2, 0.25) is 0 Å². The van der Waals surface area contributed by atoms with E-state index in [9.17, 15) is 4.79 Å². The van der Waals surface area contributed by atoms with E-state index in [4.69, 9.17) is 9.47 Å². The smallest absolute Gasteiger partial charge is 0.407 e. The number of hydrogen-bond acceptors (Lipinski definition) is 6. The van der Waals surface area contributed by atoms with Crippen molar-refractivity contribution in [1.29, 1.82) is 0 Å². The third-order valence-electron chi connectivity index (χ3n) is 4.42. The van der Waals surface area contributed by atoms with Gasteiger partial charge in [-0.05, 0) is 43.3 Å². The number of hydrogen-bond donors (Lipinski definition) is 1. The zero-order valence-corrected chi connectivity index (χ0v) is 16.4. The number of methoxy groups -OCH3 is 1. The number of benzene rings is 2. The number of cyclic esters (lactones) is 1. The topological polar surface area (TPSA) is 78.3 Å². The number of ether oxygens (including phenoxy) is 2. The SMILES string of the molecule is COc1ccc(-c2nnc(SCC3CNC(=O)O3)n2-c2ccc(C)cc2)cc1. The number of carbonyl (C=O) groups is 1. The molecule has 1 aromatic heterocycles. The molecule has 0 radical (unpaired) electrons. The number of aromatic nitrogens is 3. The maximum absolute atomic E-state index is 11.2. The van der Waals surface area contributed by atoms with E-state index >= 15 is 0 Å².